The largest absolute Gasteiger partial charge is 0.364 e. The lowest BCUT2D eigenvalue weighted by atomic mass is 9.98. The second-order valence-corrected chi connectivity index (χ2v) is 8.72. The number of nitrogens with one attached hydrogen (secondary N) is 1. The number of likely N-dealkylation sites (N-methyl/N-ethyl adjacent to an activating group) is 1. The highest BCUT2D eigenvalue weighted by Crippen LogP contribution is 2.32. The van der Waals surface area contributed by atoms with E-state index in [1.54, 1.807) is 44.4 Å². The molecule has 3 atom stereocenters. The molecule has 34 heavy (non-hydrogen) atoms. The molecule has 3 aromatic rings. The molecule has 0 saturated carbocycles. The topological polar surface area (TPSA) is 94.3 Å². The number of aryl methyl sites for hydroxylation is 1. The van der Waals surface area contributed by atoms with Crippen LogP contribution in [0.2, 0.25) is 0 Å². The van der Waals surface area contributed by atoms with E-state index in [1.165, 1.54) is 16.7 Å². The van der Waals surface area contributed by atoms with E-state index >= 15 is 0 Å². The van der Waals surface area contributed by atoms with Gasteiger partial charge in [-0.15, -0.1) is 0 Å². The number of carbonyl (C=O) groups is 1. The summed E-state index contributed by atoms with van der Waals surface area (Å²) in [4.78, 5) is 34.3. The van der Waals surface area contributed by atoms with E-state index in [4.69, 9.17) is 0 Å². The summed E-state index contributed by atoms with van der Waals surface area (Å²) in [5, 5.41) is 12.1. The van der Waals surface area contributed by atoms with Gasteiger partial charge in [-0.05, 0) is 43.7 Å². The molecular formula is C25H27FN6O2. The van der Waals surface area contributed by atoms with Crippen LogP contribution in [0.15, 0.2) is 47.3 Å². The zero-order chi connectivity index (χ0) is 24.6. The van der Waals surface area contributed by atoms with Gasteiger partial charge in [0.25, 0.3) is 5.56 Å². The minimum absolute atomic E-state index is 0.0633. The molecule has 1 aromatic carbocycles. The standard InChI is InChI=1S/C25H27FN6O2/c1-15-14-32(24(25(34)28-3)17-5-7-18(26)8-6-17)16(2)13-31(15)21-11-22(33)30(4)20-10-9-19(12-27)29-23(20)21/h5-11,15-16,24H,13-14H2,1-4H3,(H,28,34)/t15-,16+,24?/m0/s1. The number of rotatable bonds is 4. The number of pyridine rings is 2. The number of fused-ring (bicyclic) bond motifs is 1. The lowest BCUT2D eigenvalue weighted by Crippen LogP contribution is -2.59. The van der Waals surface area contributed by atoms with Gasteiger partial charge in [-0.3, -0.25) is 14.5 Å². The molecule has 176 valence electrons. The number of halogens is 1. The van der Waals surface area contributed by atoms with Crippen LogP contribution in [-0.2, 0) is 11.8 Å². The van der Waals surface area contributed by atoms with E-state index < -0.39 is 6.04 Å². The van der Waals surface area contributed by atoms with Crippen LogP contribution in [0.3, 0.4) is 0 Å². The number of carbonyl (C=O) groups excluding carboxylic acids is 1. The Morgan fingerprint density at radius 2 is 1.88 bits per heavy atom. The van der Waals surface area contributed by atoms with E-state index in [-0.39, 0.29) is 35.1 Å². The Labute approximate surface area is 197 Å². The fourth-order valence-corrected chi connectivity index (χ4v) is 4.72. The average Bonchev–Trinajstić information content (AvgIpc) is 2.84. The predicted octanol–water partition coefficient (Wildman–Crippen LogP) is 2.33. The van der Waals surface area contributed by atoms with Crippen molar-refractivity contribution in [2.24, 2.45) is 7.05 Å². The van der Waals surface area contributed by atoms with Gasteiger partial charge in [-0.25, -0.2) is 9.37 Å². The van der Waals surface area contributed by atoms with Gasteiger partial charge in [-0.1, -0.05) is 12.1 Å². The Morgan fingerprint density at radius 1 is 1.18 bits per heavy atom. The monoisotopic (exact) mass is 462 g/mol. The minimum atomic E-state index is -0.575. The number of hydrogen-bond acceptors (Lipinski definition) is 6. The van der Waals surface area contributed by atoms with Crippen LogP contribution in [0.5, 0.6) is 0 Å². The van der Waals surface area contributed by atoms with Crippen LogP contribution in [0.1, 0.15) is 31.1 Å². The molecule has 1 N–H and O–H groups in total. The molecule has 9 heteroatoms. The summed E-state index contributed by atoms with van der Waals surface area (Å²) < 4.78 is 15.0. The van der Waals surface area contributed by atoms with Gasteiger partial charge in [0.1, 0.15) is 29.1 Å². The van der Waals surface area contributed by atoms with Crippen LogP contribution in [0.4, 0.5) is 10.1 Å². The Hall–Kier alpha value is -3.77. The molecule has 1 fully saturated rings. The summed E-state index contributed by atoms with van der Waals surface area (Å²) in [6, 6.07) is 12.3. The molecule has 4 rings (SSSR count). The third-order valence-corrected chi connectivity index (χ3v) is 6.54. The number of benzene rings is 1. The summed E-state index contributed by atoms with van der Waals surface area (Å²) in [7, 11) is 3.27. The van der Waals surface area contributed by atoms with Gasteiger partial charge in [0.2, 0.25) is 5.91 Å². The minimum Gasteiger partial charge on any atom is -0.364 e. The van der Waals surface area contributed by atoms with Crippen molar-refractivity contribution in [3.05, 3.63) is 69.9 Å². The van der Waals surface area contributed by atoms with Crippen LogP contribution in [0.25, 0.3) is 11.0 Å². The van der Waals surface area contributed by atoms with Crippen molar-refractivity contribution >= 4 is 22.6 Å². The van der Waals surface area contributed by atoms with Gasteiger partial charge in [0.05, 0.1) is 11.2 Å². The zero-order valence-corrected chi connectivity index (χ0v) is 19.6. The molecule has 1 aliphatic rings. The molecule has 1 amide bonds. The Morgan fingerprint density at radius 3 is 2.53 bits per heavy atom. The molecule has 0 spiro atoms. The van der Waals surface area contributed by atoms with Crippen LogP contribution < -0.4 is 15.8 Å². The van der Waals surface area contributed by atoms with E-state index in [0.717, 1.165) is 0 Å². The molecule has 8 nitrogen and oxygen atoms in total. The van der Waals surface area contributed by atoms with Gasteiger partial charge in [0.15, 0.2) is 0 Å². The Bertz CT molecular complexity index is 1330. The zero-order valence-electron chi connectivity index (χ0n) is 19.6. The predicted molar refractivity (Wildman–Crippen MR) is 128 cm³/mol. The number of anilines is 1. The maximum Gasteiger partial charge on any atom is 0.252 e. The van der Waals surface area contributed by atoms with Crippen molar-refractivity contribution in [2.45, 2.75) is 32.0 Å². The molecule has 0 radical (unpaired) electrons. The number of aromatic nitrogens is 2. The highest BCUT2D eigenvalue weighted by Gasteiger charge is 2.38. The smallest absolute Gasteiger partial charge is 0.252 e. The number of nitriles is 1. The number of hydrogen-bond donors (Lipinski definition) is 1. The van der Waals surface area contributed by atoms with E-state index in [1.807, 2.05) is 13.8 Å². The molecule has 0 aliphatic carbocycles. The maximum absolute atomic E-state index is 13.5. The SMILES string of the molecule is CNC(=O)C(c1ccc(F)cc1)N1C[C@H](C)N(c2cc(=O)n(C)c3ccc(C#N)nc23)C[C@H]1C. The van der Waals surface area contributed by atoms with Crippen molar-refractivity contribution < 1.29 is 9.18 Å². The maximum atomic E-state index is 13.5. The van der Waals surface area contributed by atoms with Crippen molar-refractivity contribution in [3.8, 4) is 6.07 Å². The normalized spacial score (nSPS) is 19.6. The van der Waals surface area contributed by atoms with Crippen molar-refractivity contribution in [1.29, 1.82) is 5.26 Å². The first-order chi connectivity index (χ1) is 16.2. The van der Waals surface area contributed by atoms with E-state index in [0.29, 0.717) is 35.4 Å². The Kier molecular flexibility index (Phi) is 6.35. The number of amides is 1. The van der Waals surface area contributed by atoms with Crippen LogP contribution in [-0.4, -0.2) is 52.6 Å². The average molecular weight is 463 g/mol. The Balaban J connectivity index is 1.73. The first-order valence-corrected chi connectivity index (χ1v) is 11.2. The first-order valence-electron chi connectivity index (χ1n) is 11.2. The number of piperazine rings is 1. The lowest BCUT2D eigenvalue weighted by Gasteiger charge is -2.47. The van der Waals surface area contributed by atoms with Gasteiger partial charge in [-0.2, -0.15) is 5.26 Å². The van der Waals surface area contributed by atoms with Gasteiger partial charge < -0.3 is 14.8 Å². The van der Waals surface area contributed by atoms with Gasteiger partial charge in [0, 0.05) is 45.3 Å². The summed E-state index contributed by atoms with van der Waals surface area (Å²) in [5.74, 6) is -0.522. The molecular weight excluding hydrogens is 435 g/mol. The third kappa shape index (κ3) is 4.13. The molecule has 3 heterocycles. The highest BCUT2D eigenvalue weighted by atomic mass is 19.1. The summed E-state index contributed by atoms with van der Waals surface area (Å²) in [5.41, 5.74) is 2.75. The highest BCUT2D eigenvalue weighted by molar-refractivity contribution is 5.89. The summed E-state index contributed by atoms with van der Waals surface area (Å²) in [6.45, 7) is 5.12. The van der Waals surface area contributed by atoms with E-state index in [2.05, 4.69) is 26.2 Å². The summed E-state index contributed by atoms with van der Waals surface area (Å²) >= 11 is 0. The lowest BCUT2D eigenvalue weighted by molar-refractivity contribution is -0.127. The molecule has 1 aliphatic heterocycles. The fraction of sp³-hybridized carbons (Fsp3) is 0.360. The van der Waals surface area contributed by atoms with Crippen molar-refractivity contribution in [2.75, 3.05) is 25.0 Å². The molecule has 2 aromatic heterocycles. The second-order valence-electron chi connectivity index (χ2n) is 8.72. The molecule has 1 saturated heterocycles. The van der Waals surface area contributed by atoms with Crippen molar-refractivity contribution in [1.82, 2.24) is 19.8 Å². The quantitative estimate of drug-likeness (QED) is 0.640. The molecule has 0 bridgehead atoms. The second kappa shape index (κ2) is 9.23. The van der Waals surface area contributed by atoms with E-state index in [9.17, 15) is 19.2 Å². The molecule has 1 unspecified atom stereocenters. The van der Waals surface area contributed by atoms with Crippen molar-refractivity contribution in [3.63, 3.8) is 0 Å². The van der Waals surface area contributed by atoms with Crippen LogP contribution in [0, 0.1) is 17.1 Å². The number of nitrogens with zero attached hydrogens (tertiary/aromatic N) is 5. The third-order valence-electron chi connectivity index (χ3n) is 6.54. The van der Waals surface area contributed by atoms with Crippen LogP contribution >= 0.6 is 0 Å². The fourth-order valence-electron chi connectivity index (χ4n) is 4.72. The first kappa shape index (κ1) is 23.4. The van der Waals surface area contributed by atoms with Gasteiger partial charge >= 0.3 is 0 Å². The summed E-state index contributed by atoms with van der Waals surface area (Å²) in [6.07, 6.45) is 0.